The molecule has 0 bridgehead atoms. The number of carbonyl (C=O) groups is 1. The number of hydrogen-bond acceptors (Lipinski definition) is 4. The van der Waals surface area contributed by atoms with Gasteiger partial charge in [0.05, 0.1) is 16.4 Å². The van der Waals surface area contributed by atoms with Gasteiger partial charge in [-0.2, -0.15) is 0 Å². The zero-order chi connectivity index (χ0) is 22.7. The smallest absolute Gasteiger partial charge is 0.279 e. The molecule has 0 N–H and O–H groups in total. The summed E-state index contributed by atoms with van der Waals surface area (Å²) in [5.41, 5.74) is 3.86. The van der Waals surface area contributed by atoms with Crippen LogP contribution in [0.4, 0.5) is 5.82 Å². The molecule has 0 aliphatic rings. The lowest BCUT2D eigenvalue weighted by molar-refractivity contribution is 0.0980. The fourth-order valence-corrected chi connectivity index (χ4v) is 4.46. The lowest BCUT2D eigenvalue weighted by Gasteiger charge is -2.23. The normalized spacial score (nSPS) is 11.4. The van der Waals surface area contributed by atoms with Crippen LogP contribution in [0.25, 0.3) is 10.4 Å². The van der Waals surface area contributed by atoms with E-state index in [0.717, 1.165) is 21.0 Å². The first-order valence-electron chi connectivity index (χ1n) is 10.7. The van der Waals surface area contributed by atoms with Gasteiger partial charge >= 0.3 is 0 Å². The van der Waals surface area contributed by atoms with Crippen LogP contribution in [0.15, 0.2) is 79.0 Å². The van der Waals surface area contributed by atoms with Crippen molar-refractivity contribution in [2.24, 2.45) is 0 Å². The summed E-state index contributed by atoms with van der Waals surface area (Å²) >= 11 is 1.54. The van der Waals surface area contributed by atoms with Gasteiger partial charge in [0.2, 0.25) is 0 Å². The van der Waals surface area contributed by atoms with Gasteiger partial charge in [0.25, 0.3) is 5.91 Å². The molecular weight excluding hydrogens is 414 g/mol. The zero-order valence-corrected chi connectivity index (χ0v) is 19.7. The van der Waals surface area contributed by atoms with E-state index in [4.69, 9.17) is 0 Å². The van der Waals surface area contributed by atoms with Gasteiger partial charge in [-0.1, -0.05) is 81.4 Å². The molecule has 0 saturated heterocycles. The number of rotatable bonds is 5. The third-order valence-electron chi connectivity index (χ3n) is 5.30. The molecule has 162 valence electrons. The van der Waals surface area contributed by atoms with Crippen molar-refractivity contribution < 1.29 is 4.79 Å². The third kappa shape index (κ3) is 4.78. The molecule has 0 saturated carbocycles. The molecule has 2 aromatic carbocycles. The van der Waals surface area contributed by atoms with Gasteiger partial charge in [-0.25, -0.2) is 9.97 Å². The standard InChI is InChI=1S/C27H27N3OS/c1-19-29-24(25(32-19)21-10-6-5-7-11-21)26(31)30(23-12-8-9-17-28-23)18-20-13-15-22(16-14-20)27(2,3)4/h5-17H,18H2,1-4H3. The number of hydrogen-bond donors (Lipinski definition) is 0. The van der Waals surface area contributed by atoms with Gasteiger partial charge in [-0.15, -0.1) is 11.3 Å². The number of pyridine rings is 1. The molecule has 32 heavy (non-hydrogen) atoms. The fraction of sp³-hybridized carbons (Fsp3) is 0.222. The SMILES string of the molecule is Cc1nc(C(=O)N(Cc2ccc(C(C)(C)C)cc2)c2ccccn2)c(-c2ccccc2)s1. The van der Waals surface area contributed by atoms with E-state index < -0.39 is 0 Å². The highest BCUT2D eigenvalue weighted by Gasteiger charge is 2.26. The summed E-state index contributed by atoms with van der Waals surface area (Å²) in [4.78, 5) is 25.5. The van der Waals surface area contributed by atoms with Crippen molar-refractivity contribution in [3.63, 3.8) is 0 Å². The second-order valence-corrected chi connectivity index (χ2v) is 10.0. The molecule has 0 spiro atoms. The lowest BCUT2D eigenvalue weighted by atomic mass is 9.87. The van der Waals surface area contributed by atoms with Crippen molar-refractivity contribution in [1.29, 1.82) is 0 Å². The average Bonchev–Trinajstić information content (AvgIpc) is 3.19. The molecule has 2 aromatic heterocycles. The minimum Gasteiger partial charge on any atom is -0.287 e. The van der Waals surface area contributed by atoms with E-state index in [1.807, 2.05) is 55.5 Å². The number of nitrogens with zero attached hydrogens (tertiary/aromatic N) is 3. The molecule has 4 rings (SSSR count). The van der Waals surface area contributed by atoms with Crippen molar-refractivity contribution in [1.82, 2.24) is 9.97 Å². The van der Waals surface area contributed by atoms with E-state index in [1.165, 1.54) is 5.56 Å². The number of carbonyl (C=O) groups excluding carboxylic acids is 1. The molecule has 1 amide bonds. The molecule has 0 fully saturated rings. The molecule has 0 aliphatic heterocycles. The lowest BCUT2D eigenvalue weighted by Crippen LogP contribution is -2.31. The maximum atomic E-state index is 13.8. The number of thiazole rings is 1. The topological polar surface area (TPSA) is 46.1 Å². The van der Waals surface area contributed by atoms with E-state index in [-0.39, 0.29) is 11.3 Å². The summed E-state index contributed by atoms with van der Waals surface area (Å²) in [6.07, 6.45) is 1.71. The summed E-state index contributed by atoms with van der Waals surface area (Å²) in [6.45, 7) is 8.94. The van der Waals surface area contributed by atoms with Crippen molar-refractivity contribution in [3.05, 3.63) is 101 Å². The predicted molar refractivity (Wildman–Crippen MR) is 132 cm³/mol. The molecular formula is C27H27N3OS. The highest BCUT2D eigenvalue weighted by Crippen LogP contribution is 2.32. The number of benzene rings is 2. The molecule has 0 atom stereocenters. The second kappa shape index (κ2) is 9.05. The Bertz CT molecular complexity index is 1190. The van der Waals surface area contributed by atoms with Crippen molar-refractivity contribution in [2.45, 2.75) is 39.7 Å². The van der Waals surface area contributed by atoms with Gasteiger partial charge in [-0.05, 0) is 41.2 Å². The molecule has 0 radical (unpaired) electrons. The van der Waals surface area contributed by atoms with Crippen molar-refractivity contribution in [2.75, 3.05) is 4.90 Å². The molecule has 0 unspecified atom stereocenters. The number of aryl methyl sites for hydroxylation is 1. The van der Waals surface area contributed by atoms with E-state index in [2.05, 4.69) is 55.0 Å². The highest BCUT2D eigenvalue weighted by molar-refractivity contribution is 7.15. The third-order valence-corrected chi connectivity index (χ3v) is 6.32. The summed E-state index contributed by atoms with van der Waals surface area (Å²) in [5, 5.41) is 0.864. The predicted octanol–water partition coefficient (Wildman–Crippen LogP) is 6.66. The van der Waals surface area contributed by atoms with Gasteiger partial charge in [0, 0.05) is 6.20 Å². The zero-order valence-electron chi connectivity index (χ0n) is 18.9. The Balaban J connectivity index is 1.72. The van der Waals surface area contributed by atoms with E-state index >= 15 is 0 Å². The van der Waals surface area contributed by atoms with Crippen LogP contribution in [0.3, 0.4) is 0 Å². The Kier molecular flexibility index (Phi) is 6.19. The Morgan fingerprint density at radius 3 is 2.25 bits per heavy atom. The van der Waals surface area contributed by atoms with Crippen LogP contribution in [0.2, 0.25) is 0 Å². The van der Waals surface area contributed by atoms with Crippen LogP contribution in [0.1, 0.15) is 47.4 Å². The summed E-state index contributed by atoms with van der Waals surface area (Å²) in [5.74, 6) is 0.467. The van der Waals surface area contributed by atoms with Gasteiger partial charge in [0.15, 0.2) is 0 Å². The minimum atomic E-state index is -0.146. The number of amides is 1. The van der Waals surface area contributed by atoms with Crippen LogP contribution in [-0.2, 0) is 12.0 Å². The first-order chi connectivity index (χ1) is 15.3. The Morgan fingerprint density at radius 1 is 0.938 bits per heavy atom. The summed E-state index contributed by atoms with van der Waals surface area (Å²) in [6, 6.07) is 24.0. The van der Waals surface area contributed by atoms with E-state index in [0.29, 0.717) is 18.1 Å². The van der Waals surface area contributed by atoms with E-state index in [1.54, 1.807) is 22.4 Å². The monoisotopic (exact) mass is 441 g/mol. The van der Waals surface area contributed by atoms with E-state index in [9.17, 15) is 4.79 Å². The van der Waals surface area contributed by atoms with Crippen LogP contribution >= 0.6 is 11.3 Å². The van der Waals surface area contributed by atoms with Gasteiger partial charge in [0.1, 0.15) is 11.5 Å². The number of aromatic nitrogens is 2. The highest BCUT2D eigenvalue weighted by atomic mass is 32.1. The molecule has 2 heterocycles. The summed E-state index contributed by atoms with van der Waals surface area (Å²) < 4.78 is 0. The maximum Gasteiger partial charge on any atom is 0.279 e. The fourth-order valence-electron chi connectivity index (χ4n) is 3.55. The Labute approximate surface area is 193 Å². The number of anilines is 1. The minimum absolute atomic E-state index is 0.0811. The average molecular weight is 442 g/mol. The largest absolute Gasteiger partial charge is 0.287 e. The molecule has 4 aromatic rings. The van der Waals surface area contributed by atoms with Crippen LogP contribution in [0.5, 0.6) is 0 Å². The van der Waals surface area contributed by atoms with Crippen molar-refractivity contribution in [3.8, 4) is 10.4 Å². The quantitative estimate of drug-likeness (QED) is 0.348. The molecule has 0 aliphatic carbocycles. The Hall–Kier alpha value is -3.31. The summed E-state index contributed by atoms with van der Waals surface area (Å²) in [7, 11) is 0. The van der Waals surface area contributed by atoms with Gasteiger partial charge < -0.3 is 0 Å². The van der Waals surface area contributed by atoms with Gasteiger partial charge in [-0.3, -0.25) is 9.69 Å². The van der Waals surface area contributed by atoms with Crippen LogP contribution in [-0.4, -0.2) is 15.9 Å². The maximum absolute atomic E-state index is 13.8. The Morgan fingerprint density at radius 2 is 1.62 bits per heavy atom. The van der Waals surface area contributed by atoms with Crippen LogP contribution in [0, 0.1) is 6.92 Å². The van der Waals surface area contributed by atoms with Crippen molar-refractivity contribution >= 4 is 23.1 Å². The molecule has 4 nitrogen and oxygen atoms in total. The second-order valence-electron chi connectivity index (χ2n) is 8.80. The first kappa shape index (κ1) is 21.9. The molecule has 5 heteroatoms. The van der Waals surface area contributed by atoms with Crippen LogP contribution < -0.4 is 4.90 Å². The first-order valence-corrected chi connectivity index (χ1v) is 11.5.